The molecule has 0 bridgehead atoms. The number of ketones is 1. The molecule has 0 spiro atoms. The largest absolute Gasteiger partial charge is 0.507 e. The Labute approximate surface area is 183 Å². The van der Waals surface area contributed by atoms with Crippen LogP contribution in [0.4, 0.5) is 0 Å². The second-order valence-electron chi connectivity index (χ2n) is 7.63. The normalized spacial score (nSPS) is 17.9. The van der Waals surface area contributed by atoms with Crippen molar-refractivity contribution < 1.29 is 24.2 Å². The van der Waals surface area contributed by atoms with Crippen LogP contribution < -0.4 is 4.74 Å². The van der Waals surface area contributed by atoms with Gasteiger partial charge >= 0.3 is 0 Å². The van der Waals surface area contributed by atoms with Crippen LogP contribution in [-0.4, -0.2) is 48.6 Å². The molecule has 1 fully saturated rings. The molecule has 3 rings (SSSR count). The van der Waals surface area contributed by atoms with E-state index in [-0.39, 0.29) is 11.3 Å². The minimum atomic E-state index is -0.680. The third-order valence-electron chi connectivity index (χ3n) is 5.26. The Morgan fingerprint density at radius 2 is 1.84 bits per heavy atom. The summed E-state index contributed by atoms with van der Waals surface area (Å²) in [6, 6.07) is 14.0. The van der Waals surface area contributed by atoms with Gasteiger partial charge in [0, 0.05) is 25.8 Å². The Bertz CT molecular complexity index is 964. The number of carbonyl (C=O) groups is 2. The molecule has 1 aliphatic heterocycles. The summed E-state index contributed by atoms with van der Waals surface area (Å²) < 4.78 is 10.8. The molecule has 2 aromatic rings. The zero-order chi connectivity index (χ0) is 22.4. The van der Waals surface area contributed by atoms with Crippen LogP contribution in [0, 0.1) is 6.92 Å². The Hall–Kier alpha value is -3.12. The first-order chi connectivity index (χ1) is 15.0. The van der Waals surface area contributed by atoms with E-state index >= 15 is 0 Å². The lowest BCUT2D eigenvalue weighted by molar-refractivity contribution is -0.140. The number of benzene rings is 2. The highest BCUT2D eigenvalue weighted by Crippen LogP contribution is 2.39. The van der Waals surface area contributed by atoms with Gasteiger partial charge in [-0.15, -0.1) is 0 Å². The SMILES string of the molecule is CCCOc1cccc(C(O)=C2C(=O)C(=O)N(CCCOC)C2c2ccc(C)cc2)c1. The Balaban J connectivity index is 2.07. The fourth-order valence-corrected chi connectivity index (χ4v) is 3.69. The van der Waals surface area contributed by atoms with Crippen molar-refractivity contribution in [1.29, 1.82) is 0 Å². The highest BCUT2D eigenvalue weighted by Gasteiger charge is 2.45. The first-order valence-corrected chi connectivity index (χ1v) is 10.5. The van der Waals surface area contributed by atoms with Gasteiger partial charge in [0.25, 0.3) is 11.7 Å². The number of nitrogens with zero attached hydrogens (tertiary/aromatic N) is 1. The number of amides is 1. The summed E-state index contributed by atoms with van der Waals surface area (Å²) in [7, 11) is 1.60. The van der Waals surface area contributed by atoms with Crippen molar-refractivity contribution in [3.8, 4) is 5.75 Å². The molecule has 1 unspecified atom stereocenters. The van der Waals surface area contributed by atoms with Crippen molar-refractivity contribution in [3.05, 3.63) is 70.8 Å². The number of rotatable bonds is 9. The minimum absolute atomic E-state index is 0.0962. The summed E-state index contributed by atoms with van der Waals surface area (Å²) in [5.41, 5.74) is 2.39. The van der Waals surface area contributed by atoms with Crippen LogP contribution in [0.5, 0.6) is 5.75 Å². The summed E-state index contributed by atoms with van der Waals surface area (Å²) in [5.74, 6) is -0.880. The number of likely N-dealkylation sites (tertiary alicyclic amines) is 1. The lowest BCUT2D eigenvalue weighted by atomic mass is 9.94. The Kier molecular flexibility index (Phi) is 7.47. The minimum Gasteiger partial charge on any atom is -0.507 e. The predicted octanol–water partition coefficient (Wildman–Crippen LogP) is 4.24. The summed E-state index contributed by atoms with van der Waals surface area (Å²) in [5, 5.41) is 11.1. The molecule has 2 aromatic carbocycles. The lowest BCUT2D eigenvalue weighted by Gasteiger charge is -2.25. The third kappa shape index (κ3) is 4.97. The molecule has 31 heavy (non-hydrogen) atoms. The third-order valence-corrected chi connectivity index (χ3v) is 5.26. The van der Waals surface area contributed by atoms with E-state index in [1.807, 2.05) is 38.1 Å². The monoisotopic (exact) mass is 423 g/mol. The molecule has 0 aromatic heterocycles. The second-order valence-corrected chi connectivity index (χ2v) is 7.63. The molecular formula is C25H29NO5. The van der Waals surface area contributed by atoms with Gasteiger partial charge in [-0.05, 0) is 37.5 Å². The fraction of sp³-hybridized carbons (Fsp3) is 0.360. The molecule has 1 saturated heterocycles. The van der Waals surface area contributed by atoms with Gasteiger partial charge in [-0.25, -0.2) is 0 Å². The number of aliphatic hydroxyl groups excluding tert-OH is 1. The van der Waals surface area contributed by atoms with Crippen LogP contribution in [0.15, 0.2) is 54.1 Å². The van der Waals surface area contributed by atoms with Gasteiger partial charge < -0.3 is 19.5 Å². The Morgan fingerprint density at radius 1 is 1.10 bits per heavy atom. The van der Waals surface area contributed by atoms with E-state index in [1.54, 1.807) is 31.4 Å². The van der Waals surface area contributed by atoms with Gasteiger partial charge in [0.05, 0.1) is 18.2 Å². The van der Waals surface area contributed by atoms with E-state index in [0.29, 0.717) is 37.5 Å². The average Bonchev–Trinajstić information content (AvgIpc) is 3.03. The van der Waals surface area contributed by atoms with Crippen molar-refractivity contribution in [2.45, 2.75) is 32.7 Å². The molecular weight excluding hydrogens is 394 g/mol. The van der Waals surface area contributed by atoms with Crippen LogP contribution >= 0.6 is 0 Å². The van der Waals surface area contributed by atoms with Crippen LogP contribution in [0.3, 0.4) is 0 Å². The van der Waals surface area contributed by atoms with E-state index in [0.717, 1.165) is 17.5 Å². The molecule has 6 nitrogen and oxygen atoms in total. The topological polar surface area (TPSA) is 76.1 Å². The van der Waals surface area contributed by atoms with E-state index in [9.17, 15) is 14.7 Å². The van der Waals surface area contributed by atoms with Gasteiger partial charge in [0.15, 0.2) is 0 Å². The molecule has 0 saturated carbocycles. The van der Waals surface area contributed by atoms with Gasteiger partial charge in [-0.1, -0.05) is 48.9 Å². The van der Waals surface area contributed by atoms with Gasteiger partial charge in [-0.2, -0.15) is 0 Å². The molecule has 6 heteroatoms. The standard InChI is InChI=1S/C25H29NO5/c1-4-14-31-20-8-5-7-19(16-20)23(27)21-22(18-11-9-17(2)10-12-18)26(13-6-15-30-3)25(29)24(21)28/h5,7-12,16,22,27H,4,6,13-15H2,1-3H3. The second kappa shape index (κ2) is 10.3. The van der Waals surface area contributed by atoms with Gasteiger partial charge in [0.2, 0.25) is 0 Å². The maximum atomic E-state index is 13.0. The summed E-state index contributed by atoms with van der Waals surface area (Å²) in [6.07, 6.45) is 1.45. The molecule has 0 aliphatic carbocycles. The van der Waals surface area contributed by atoms with E-state index < -0.39 is 17.7 Å². The van der Waals surface area contributed by atoms with Crippen molar-refractivity contribution in [3.63, 3.8) is 0 Å². The molecule has 1 N–H and O–H groups in total. The highest BCUT2D eigenvalue weighted by atomic mass is 16.5. The van der Waals surface area contributed by atoms with Gasteiger partial charge in [-0.3, -0.25) is 9.59 Å². The lowest BCUT2D eigenvalue weighted by Crippen LogP contribution is -2.31. The Morgan fingerprint density at radius 3 is 2.52 bits per heavy atom. The summed E-state index contributed by atoms with van der Waals surface area (Å²) in [6.45, 7) is 5.36. The first kappa shape index (κ1) is 22.6. The predicted molar refractivity (Wildman–Crippen MR) is 119 cm³/mol. The van der Waals surface area contributed by atoms with Crippen molar-refractivity contribution in [2.75, 3.05) is 26.9 Å². The maximum absolute atomic E-state index is 13.0. The van der Waals surface area contributed by atoms with E-state index in [1.165, 1.54) is 4.90 Å². The summed E-state index contributed by atoms with van der Waals surface area (Å²) in [4.78, 5) is 27.4. The molecule has 0 radical (unpaired) electrons. The van der Waals surface area contributed by atoms with Crippen LogP contribution in [0.25, 0.3) is 5.76 Å². The summed E-state index contributed by atoms with van der Waals surface area (Å²) >= 11 is 0. The number of hydrogen-bond acceptors (Lipinski definition) is 5. The van der Waals surface area contributed by atoms with Crippen molar-refractivity contribution in [1.82, 2.24) is 4.90 Å². The molecule has 1 heterocycles. The molecule has 1 amide bonds. The number of carbonyl (C=O) groups excluding carboxylic acids is 2. The van der Waals surface area contributed by atoms with Crippen LogP contribution in [0.2, 0.25) is 0 Å². The fourth-order valence-electron chi connectivity index (χ4n) is 3.69. The number of methoxy groups -OCH3 is 1. The molecule has 1 atom stereocenters. The van der Waals surface area contributed by atoms with Gasteiger partial charge in [0.1, 0.15) is 11.5 Å². The number of hydrogen-bond donors (Lipinski definition) is 1. The van der Waals surface area contributed by atoms with E-state index in [2.05, 4.69) is 0 Å². The maximum Gasteiger partial charge on any atom is 0.295 e. The van der Waals surface area contributed by atoms with Crippen molar-refractivity contribution in [2.24, 2.45) is 0 Å². The quantitative estimate of drug-likeness (QED) is 0.283. The average molecular weight is 424 g/mol. The molecule has 1 aliphatic rings. The number of Topliss-reactive ketones (excluding diaryl/α,β-unsaturated/α-hetero) is 1. The number of aliphatic hydroxyl groups is 1. The zero-order valence-electron chi connectivity index (χ0n) is 18.3. The highest BCUT2D eigenvalue weighted by molar-refractivity contribution is 6.46. The van der Waals surface area contributed by atoms with E-state index in [4.69, 9.17) is 9.47 Å². The molecule has 164 valence electrons. The number of ether oxygens (including phenoxy) is 2. The first-order valence-electron chi connectivity index (χ1n) is 10.5. The smallest absolute Gasteiger partial charge is 0.295 e. The zero-order valence-corrected chi connectivity index (χ0v) is 18.3. The van der Waals surface area contributed by atoms with Crippen LogP contribution in [0.1, 0.15) is 42.5 Å². The number of aryl methyl sites for hydroxylation is 1. The van der Waals surface area contributed by atoms with Crippen LogP contribution in [-0.2, 0) is 14.3 Å². The van der Waals surface area contributed by atoms with Crippen molar-refractivity contribution >= 4 is 17.4 Å².